The molecule has 0 spiro atoms. The number of nitrogens with one attached hydrogen (secondary N) is 1. The van der Waals surface area contributed by atoms with Crippen molar-refractivity contribution in [1.29, 1.82) is 0 Å². The van der Waals surface area contributed by atoms with Crippen LogP contribution in [-0.4, -0.2) is 38.5 Å². The number of carbonyl (C=O) groups is 1. The molecule has 0 aromatic heterocycles. The summed E-state index contributed by atoms with van der Waals surface area (Å²) in [4.78, 5) is 12.0. The molecule has 0 aliphatic carbocycles. The SMILES string of the molecule is CSc1ccc(C2CC(C(=O)O)CN2)cc1S(C)(=O)=O. The molecule has 5 nitrogen and oxygen atoms in total. The second-order valence-corrected chi connectivity index (χ2v) is 7.75. The van der Waals surface area contributed by atoms with Crippen LogP contribution in [0.3, 0.4) is 0 Å². The molecule has 1 aromatic rings. The van der Waals surface area contributed by atoms with E-state index in [2.05, 4.69) is 5.32 Å². The minimum atomic E-state index is -3.29. The highest BCUT2D eigenvalue weighted by Gasteiger charge is 2.30. The van der Waals surface area contributed by atoms with Gasteiger partial charge in [-0.3, -0.25) is 4.79 Å². The summed E-state index contributed by atoms with van der Waals surface area (Å²) in [7, 11) is -3.29. The number of carboxylic acids is 1. The smallest absolute Gasteiger partial charge is 0.307 e. The van der Waals surface area contributed by atoms with Crippen LogP contribution in [0.2, 0.25) is 0 Å². The lowest BCUT2D eigenvalue weighted by Gasteiger charge is -2.14. The summed E-state index contributed by atoms with van der Waals surface area (Å²) in [6.45, 7) is 0.415. The minimum Gasteiger partial charge on any atom is -0.481 e. The highest BCUT2D eigenvalue weighted by atomic mass is 32.2. The van der Waals surface area contributed by atoms with Crippen LogP contribution in [0.15, 0.2) is 28.0 Å². The Morgan fingerprint density at radius 3 is 2.65 bits per heavy atom. The van der Waals surface area contributed by atoms with Gasteiger partial charge >= 0.3 is 5.97 Å². The molecular formula is C13H17NO4S2. The van der Waals surface area contributed by atoms with E-state index in [1.807, 2.05) is 12.3 Å². The van der Waals surface area contributed by atoms with Gasteiger partial charge in [0.15, 0.2) is 9.84 Å². The predicted octanol–water partition coefficient (Wildman–Crippen LogP) is 1.55. The molecule has 0 radical (unpaired) electrons. The van der Waals surface area contributed by atoms with E-state index in [1.54, 1.807) is 12.1 Å². The number of benzene rings is 1. The van der Waals surface area contributed by atoms with Gasteiger partial charge in [0.05, 0.1) is 10.8 Å². The van der Waals surface area contributed by atoms with Crippen molar-refractivity contribution >= 4 is 27.6 Å². The number of hydrogen-bond acceptors (Lipinski definition) is 5. The third kappa shape index (κ3) is 3.16. The van der Waals surface area contributed by atoms with E-state index in [9.17, 15) is 13.2 Å². The minimum absolute atomic E-state index is 0.104. The maximum Gasteiger partial charge on any atom is 0.307 e. The van der Waals surface area contributed by atoms with E-state index in [-0.39, 0.29) is 6.04 Å². The first kappa shape index (κ1) is 15.3. The zero-order valence-electron chi connectivity index (χ0n) is 11.3. The lowest BCUT2D eigenvalue weighted by atomic mass is 10.0. The van der Waals surface area contributed by atoms with E-state index in [0.29, 0.717) is 22.8 Å². The summed E-state index contributed by atoms with van der Waals surface area (Å²) in [6, 6.07) is 5.20. The number of rotatable bonds is 4. The molecule has 1 aliphatic heterocycles. The first-order valence-electron chi connectivity index (χ1n) is 6.17. The fraction of sp³-hybridized carbons (Fsp3) is 0.462. The van der Waals surface area contributed by atoms with Gasteiger partial charge in [-0.2, -0.15) is 0 Å². The summed E-state index contributed by atoms with van der Waals surface area (Å²) in [5.41, 5.74) is 0.826. The second-order valence-electron chi connectivity index (χ2n) is 4.91. The summed E-state index contributed by atoms with van der Waals surface area (Å²) >= 11 is 1.39. The Morgan fingerprint density at radius 1 is 1.45 bits per heavy atom. The predicted molar refractivity (Wildman–Crippen MR) is 77.8 cm³/mol. The zero-order valence-corrected chi connectivity index (χ0v) is 12.9. The number of sulfone groups is 1. The van der Waals surface area contributed by atoms with Gasteiger partial charge in [-0.05, 0) is 30.4 Å². The van der Waals surface area contributed by atoms with Crippen LogP contribution in [0, 0.1) is 5.92 Å². The third-order valence-electron chi connectivity index (χ3n) is 3.47. The molecule has 0 bridgehead atoms. The van der Waals surface area contributed by atoms with Crippen molar-refractivity contribution in [3.63, 3.8) is 0 Å². The topological polar surface area (TPSA) is 83.5 Å². The molecule has 0 amide bonds. The van der Waals surface area contributed by atoms with Gasteiger partial charge in [-0.25, -0.2) is 8.42 Å². The summed E-state index contributed by atoms with van der Waals surface area (Å²) < 4.78 is 23.6. The highest BCUT2D eigenvalue weighted by molar-refractivity contribution is 7.99. The van der Waals surface area contributed by atoms with Crippen molar-refractivity contribution in [1.82, 2.24) is 5.32 Å². The number of aliphatic carboxylic acids is 1. The van der Waals surface area contributed by atoms with Gasteiger partial charge in [0.2, 0.25) is 0 Å². The van der Waals surface area contributed by atoms with Crippen molar-refractivity contribution in [2.45, 2.75) is 22.3 Å². The third-order valence-corrected chi connectivity index (χ3v) is 5.53. The lowest BCUT2D eigenvalue weighted by Crippen LogP contribution is -2.17. The molecule has 2 atom stereocenters. The largest absolute Gasteiger partial charge is 0.481 e. The highest BCUT2D eigenvalue weighted by Crippen LogP contribution is 2.32. The molecule has 7 heteroatoms. The Kier molecular flexibility index (Phi) is 4.41. The Morgan fingerprint density at radius 2 is 2.15 bits per heavy atom. The van der Waals surface area contributed by atoms with Crippen LogP contribution in [0.5, 0.6) is 0 Å². The van der Waals surface area contributed by atoms with E-state index in [0.717, 1.165) is 5.56 Å². The molecule has 1 aliphatic rings. The maximum atomic E-state index is 11.8. The molecule has 2 rings (SSSR count). The van der Waals surface area contributed by atoms with Crippen molar-refractivity contribution in [3.8, 4) is 0 Å². The van der Waals surface area contributed by atoms with Gasteiger partial charge in [0, 0.05) is 23.7 Å². The summed E-state index contributed by atoms with van der Waals surface area (Å²) in [5, 5.41) is 12.1. The van der Waals surface area contributed by atoms with E-state index in [4.69, 9.17) is 5.11 Å². The van der Waals surface area contributed by atoms with Crippen molar-refractivity contribution in [3.05, 3.63) is 23.8 Å². The van der Waals surface area contributed by atoms with Crippen molar-refractivity contribution in [2.24, 2.45) is 5.92 Å². The Labute approximate surface area is 122 Å². The van der Waals surface area contributed by atoms with Gasteiger partial charge in [0.25, 0.3) is 0 Å². The van der Waals surface area contributed by atoms with E-state index in [1.165, 1.54) is 18.0 Å². The molecule has 20 heavy (non-hydrogen) atoms. The molecule has 2 N–H and O–H groups in total. The Balaban J connectivity index is 2.33. The van der Waals surface area contributed by atoms with Crippen molar-refractivity contribution in [2.75, 3.05) is 19.1 Å². The molecule has 2 unspecified atom stereocenters. The number of hydrogen-bond donors (Lipinski definition) is 2. The van der Waals surface area contributed by atoms with Crippen LogP contribution >= 0.6 is 11.8 Å². The van der Waals surface area contributed by atoms with Gasteiger partial charge < -0.3 is 10.4 Å². The standard InChI is InChI=1S/C13H17NO4S2/c1-19-11-4-3-8(6-12(11)20(2,17)18)10-5-9(7-14-10)13(15)16/h3-4,6,9-10,14H,5,7H2,1-2H3,(H,15,16). The number of carboxylic acid groups (broad SMARTS) is 1. The summed E-state index contributed by atoms with van der Waals surface area (Å²) in [6.07, 6.45) is 3.50. The molecule has 0 saturated carbocycles. The maximum absolute atomic E-state index is 11.8. The van der Waals surface area contributed by atoms with Crippen LogP contribution in [0.4, 0.5) is 0 Å². The Hall–Kier alpha value is -1.05. The van der Waals surface area contributed by atoms with Gasteiger partial charge in [0.1, 0.15) is 0 Å². The molecule has 1 heterocycles. The first-order chi connectivity index (χ1) is 9.32. The summed E-state index contributed by atoms with van der Waals surface area (Å²) in [5.74, 6) is -1.23. The first-order valence-corrected chi connectivity index (χ1v) is 9.28. The fourth-order valence-corrected chi connectivity index (χ4v) is 4.33. The molecule has 1 fully saturated rings. The van der Waals surface area contributed by atoms with Crippen LogP contribution in [0.25, 0.3) is 0 Å². The molecular weight excluding hydrogens is 298 g/mol. The molecule has 1 aromatic carbocycles. The van der Waals surface area contributed by atoms with Crippen LogP contribution < -0.4 is 5.32 Å². The van der Waals surface area contributed by atoms with Crippen molar-refractivity contribution < 1.29 is 18.3 Å². The Bertz CT molecular complexity index is 627. The van der Waals surface area contributed by atoms with Gasteiger partial charge in [-0.15, -0.1) is 11.8 Å². The normalized spacial score (nSPS) is 22.9. The quantitative estimate of drug-likeness (QED) is 0.820. The average molecular weight is 315 g/mol. The van der Waals surface area contributed by atoms with E-state index >= 15 is 0 Å². The fourth-order valence-electron chi connectivity index (χ4n) is 2.38. The molecule has 1 saturated heterocycles. The average Bonchev–Trinajstić information content (AvgIpc) is 2.86. The molecule has 110 valence electrons. The zero-order chi connectivity index (χ0) is 14.9. The van der Waals surface area contributed by atoms with Crippen LogP contribution in [-0.2, 0) is 14.6 Å². The van der Waals surface area contributed by atoms with Gasteiger partial charge in [-0.1, -0.05) is 6.07 Å². The van der Waals surface area contributed by atoms with E-state index < -0.39 is 21.7 Å². The monoisotopic (exact) mass is 315 g/mol. The number of thioether (sulfide) groups is 1. The second kappa shape index (κ2) is 5.75. The lowest BCUT2D eigenvalue weighted by molar-refractivity contribution is -0.141. The van der Waals surface area contributed by atoms with Crippen LogP contribution in [0.1, 0.15) is 18.0 Å².